The van der Waals surface area contributed by atoms with E-state index in [-0.39, 0.29) is 0 Å². The lowest BCUT2D eigenvalue weighted by Gasteiger charge is -2.27. The number of alkyl halides is 1. The molecule has 0 heterocycles. The van der Waals surface area contributed by atoms with Crippen LogP contribution in [0.4, 0.5) is 0 Å². The third-order valence-electron chi connectivity index (χ3n) is 3.95. The molecule has 1 fully saturated rings. The fourth-order valence-corrected chi connectivity index (χ4v) is 3.14. The largest absolute Gasteiger partial charge is 0.490 e. The zero-order valence-corrected chi connectivity index (χ0v) is 13.4. The highest BCUT2D eigenvalue weighted by Crippen LogP contribution is 2.48. The highest BCUT2D eigenvalue weighted by atomic mass is 79.9. The van der Waals surface area contributed by atoms with Crippen molar-refractivity contribution in [3.8, 4) is 11.5 Å². The van der Waals surface area contributed by atoms with Crippen LogP contribution in [-0.4, -0.2) is 18.5 Å². The van der Waals surface area contributed by atoms with Gasteiger partial charge in [-0.2, -0.15) is 0 Å². The number of para-hydroxylation sites is 2. The molecular formula is C16H23BrO2. The third-order valence-corrected chi connectivity index (χ3v) is 5.23. The van der Waals surface area contributed by atoms with Gasteiger partial charge in [-0.15, -0.1) is 0 Å². The van der Waals surface area contributed by atoms with Crippen molar-refractivity contribution < 1.29 is 9.47 Å². The molecule has 0 N–H and O–H groups in total. The van der Waals surface area contributed by atoms with Gasteiger partial charge in [0.15, 0.2) is 11.5 Å². The molecule has 1 saturated carbocycles. The van der Waals surface area contributed by atoms with E-state index in [1.165, 1.54) is 12.8 Å². The van der Waals surface area contributed by atoms with E-state index in [1.54, 1.807) is 0 Å². The van der Waals surface area contributed by atoms with E-state index < -0.39 is 0 Å². The Balaban J connectivity index is 1.88. The fraction of sp³-hybridized carbons (Fsp3) is 0.625. The molecule has 0 aliphatic heterocycles. The second-order valence-corrected chi connectivity index (χ2v) is 6.10. The van der Waals surface area contributed by atoms with E-state index in [4.69, 9.17) is 9.47 Å². The Morgan fingerprint density at radius 1 is 1.21 bits per heavy atom. The summed E-state index contributed by atoms with van der Waals surface area (Å²) in [5.41, 5.74) is 0.376. The van der Waals surface area contributed by atoms with Crippen molar-refractivity contribution in [2.45, 2.75) is 33.1 Å². The van der Waals surface area contributed by atoms with Crippen molar-refractivity contribution in [3.63, 3.8) is 0 Å². The summed E-state index contributed by atoms with van der Waals surface area (Å²) in [6, 6.07) is 7.91. The van der Waals surface area contributed by atoms with Crippen LogP contribution in [-0.2, 0) is 0 Å². The highest BCUT2D eigenvalue weighted by Gasteiger charge is 2.40. The molecule has 0 bridgehead atoms. The van der Waals surface area contributed by atoms with Crippen molar-refractivity contribution >= 4 is 15.9 Å². The quantitative estimate of drug-likeness (QED) is 0.646. The van der Waals surface area contributed by atoms with Crippen molar-refractivity contribution in [1.82, 2.24) is 0 Å². The van der Waals surface area contributed by atoms with Gasteiger partial charge in [-0.3, -0.25) is 0 Å². The molecule has 106 valence electrons. The Bertz CT molecular complexity index is 403. The number of benzene rings is 1. The smallest absolute Gasteiger partial charge is 0.161 e. The van der Waals surface area contributed by atoms with Crippen LogP contribution in [0.2, 0.25) is 0 Å². The number of hydrogen-bond donors (Lipinski definition) is 0. The standard InChI is InChI=1S/C16H23BrO2/c1-3-18-14-6-4-5-7-15(14)19-11-10-16(2,12-17)13-8-9-13/h4-7,13H,3,8-12H2,1-2H3. The zero-order chi connectivity index (χ0) is 13.7. The first-order valence-electron chi connectivity index (χ1n) is 7.10. The molecule has 3 heteroatoms. The summed E-state index contributed by atoms with van der Waals surface area (Å²) in [5.74, 6) is 2.58. The second-order valence-electron chi connectivity index (χ2n) is 5.54. The van der Waals surface area contributed by atoms with Gasteiger partial charge in [0.05, 0.1) is 13.2 Å². The van der Waals surface area contributed by atoms with Gasteiger partial charge < -0.3 is 9.47 Å². The molecule has 1 atom stereocenters. The molecule has 19 heavy (non-hydrogen) atoms. The van der Waals surface area contributed by atoms with Crippen LogP contribution in [0.15, 0.2) is 24.3 Å². The number of halogens is 1. The maximum atomic E-state index is 5.92. The normalized spacial score (nSPS) is 17.8. The van der Waals surface area contributed by atoms with E-state index in [0.717, 1.165) is 35.8 Å². The Morgan fingerprint density at radius 2 is 1.84 bits per heavy atom. The van der Waals surface area contributed by atoms with Gasteiger partial charge in [0, 0.05) is 5.33 Å². The number of hydrogen-bond acceptors (Lipinski definition) is 2. The van der Waals surface area contributed by atoms with Crippen molar-refractivity contribution in [3.05, 3.63) is 24.3 Å². The minimum atomic E-state index is 0.376. The van der Waals surface area contributed by atoms with Crippen molar-refractivity contribution in [1.29, 1.82) is 0 Å². The molecule has 2 rings (SSSR count). The summed E-state index contributed by atoms with van der Waals surface area (Å²) in [5, 5.41) is 1.06. The fourth-order valence-electron chi connectivity index (χ4n) is 2.40. The molecule has 1 aromatic carbocycles. The molecule has 1 unspecified atom stereocenters. The lowest BCUT2D eigenvalue weighted by atomic mass is 9.84. The van der Waals surface area contributed by atoms with Crippen LogP contribution in [0.25, 0.3) is 0 Å². The molecule has 0 radical (unpaired) electrons. The predicted octanol–water partition coefficient (Wildman–Crippen LogP) is 4.67. The van der Waals surface area contributed by atoms with Crippen LogP contribution >= 0.6 is 15.9 Å². The van der Waals surface area contributed by atoms with Crippen LogP contribution in [0, 0.1) is 11.3 Å². The van der Waals surface area contributed by atoms with Gasteiger partial charge in [-0.25, -0.2) is 0 Å². The predicted molar refractivity (Wildman–Crippen MR) is 82.3 cm³/mol. The lowest BCUT2D eigenvalue weighted by Crippen LogP contribution is -2.24. The van der Waals surface area contributed by atoms with E-state index in [1.807, 2.05) is 31.2 Å². The molecule has 2 nitrogen and oxygen atoms in total. The molecular weight excluding hydrogens is 304 g/mol. The van der Waals surface area contributed by atoms with Gasteiger partial charge in [-0.05, 0) is 49.7 Å². The third kappa shape index (κ3) is 3.88. The van der Waals surface area contributed by atoms with E-state index in [0.29, 0.717) is 12.0 Å². The number of ether oxygens (including phenoxy) is 2. The van der Waals surface area contributed by atoms with Crippen LogP contribution < -0.4 is 9.47 Å². The Hall–Kier alpha value is -0.700. The molecule has 1 aliphatic carbocycles. The van der Waals surface area contributed by atoms with Gasteiger partial charge in [-0.1, -0.05) is 35.0 Å². The zero-order valence-electron chi connectivity index (χ0n) is 11.8. The van der Waals surface area contributed by atoms with Crippen LogP contribution in [0.3, 0.4) is 0 Å². The van der Waals surface area contributed by atoms with Gasteiger partial charge in [0.1, 0.15) is 0 Å². The lowest BCUT2D eigenvalue weighted by molar-refractivity contribution is 0.203. The SMILES string of the molecule is CCOc1ccccc1OCCC(C)(CBr)C1CC1. The van der Waals surface area contributed by atoms with E-state index >= 15 is 0 Å². The van der Waals surface area contributed by atoms with E-state index in [9.17, 15) is 0 Å². The summed E-state index contributed by atoms with van der Waals surface area (Å²) in [4.78, 5) is 0. The first-order valence-corrected chi connectivity index (χ1v) is 8.22. The Labute approximate surface area is 124 Å². The molecule has 0 spiro atoms. The highest BCUT2D eigenvalue weighted by molar-refractivity contribution is 9.09. The summed E-state index contributed by atoms with van der Waals surface area (Å²) in [6.45, 7) is 5.77. The minimum absolute atomic E-state index is 0.376. The minimum Gasteiger partial charge on any atom is -0.490 e. The van der Waals surface area contributed by atoms with Crippen LogP contribution in [0.1, 0.15) is 33.1 Å². The van der Waals surface area contributed by atoms with Gasteiger partial charge in [0.25, 0.3) is 0 Å². The topological polar surface area (TPSA) is 18.5 Å². The van der Waals surface area contributed by atoms with Gasteiger partial charge in [0.2, 0.25) is 0 Å². The number of rotatable bonds is 8. The van der Waals surface area contributed by atoms with E-state index in [2.05, 4.69) is 22.9 Å². The first kappa shape index (κ1) is 14.7. The first-order chi connectivity index (χ1) is 9.19. The van der Waals surface area contributed by atoms with Gasteiger partial charge >= 0.3 is 0 Å². The molecule has 1 aromatic rings. The van der Waals surface area contributed by atoms with Crippen LogP contribution in [0.5, 0.6) is 11.5 Å². The molecule has 0 saturated heterocycles. The monoisotopic (exact) mass is 326 g/mol. The second kappa shape index (κ2) is 6.65. The maximum absolute atomic E-state index is 5.92. The average molecular weight is 327 g/mol. The molecule has 0 amide bonds. The Kier molecular flexibility index (Phi) is 5.14. The maximum Gasteiger partial charge on any atom is 0.161 e. The average Bonchev–Trinajstić information content (AvgIpc) is 3.25. The van der Waals surface area contributed by atoms with Crippen molar-refractivity contribution in [2.75, 3.05) is 18.5 Å². The van der Waals surface area contributed by atoms with Crippen molar-refractivity contribution in [2.24, 2.45) is 11.3 Å². The molecule has 0 aromatic heterocycles. The summed E-state index contributed by atoms with van der Waals surface area (Å²) in [6.07, 6.45) is 3.83. The summed E-state index contributed by atoms with van der Waals surface area (Å²) >= 11 is 3.66. The molecule has 1 aliphatic rings. The summed E-state index contributed by atoms with van der Waals surface area (Å²) in [7, 11) is 0. The Morgan fingerprint density at radius 3 is 2.37 bits per heavy atom. The summed E-state index contributed by atoms with van der Waals surface area (Å²) < 4.78 is 11.5.